The van der Waals surface area contributed by atoms with Crippen LogP contribution in [0.2, 0.25) is 0 Å². The molecule has 0 saturated heterocycles. The fraction of sp³-hybridized carbons (Fsp3) is 0.800. The number of nitrogens with one attached hydrogen (secondary N) is 1. The molecule has 1 fully saturated rings. The van der Waals surface area contributed by atoms with Crippen LogP contribution in [-0.4, -0.2) is 23.7 Å². The maximum atomic E-state index is 10.7. The molecule has 0 atom stereocenters. The molecule has 0 aromatic heterocycles. The fourth-order valence-corrected chi connectivity index (χ4v) is 1.88. The first-order chi connectivity index (χ1) is 6.74. The first-order valence-electron chi connectivity index (χ1n) is 5.07. The van der Waals surface area contributed by atoms with E-state index in [9.17, 15) is 4.79 Å². The average Bonchev–Trinajstić information content (AvgIpc) is 2.19. The summed E-state index contributed by atoms with van der Waals surface area (Å²) < 4.78 is 0. The van der Waals surface area contributed by atoms with Gasteiger partial charge in [-0.15, -0.1) is 0 Å². The molecule has 0 radical (unpaired) electrons. The number of hydrogen-bond acceptors (Lipinski definition) is 3. The summed E-state index contributed by atoms with van der Waals surface area (Å²) in [7, 11) is 0. The van der Waals surface area contributed by atoms with Crippen LogP contribution in [0.25, 0.3) is 0 Å². The zero-order valence-corrected chi connectivity index (χ0v) is 8.20. The molecule has 0 heterocycles. The van der Waals surface area contributed by atoms with Crippen molar-refractivity contribution in [3.8, 4) is 6.07 Å². The summed E-state index contributed by atoms with van der Waals surface area (Å²) in [5, 5.41) is 20.4. The van der Waals surface area contributed by atoms with E-state index in [1.54, 1.807) is 0 Å². The van der Waals surface area contributed by atoms with Crippen LogP contribution in [0.15, 0.2) is 0 Å². The van der Waals surface area contributed by atoms with E-state index in [4.69, 9.17) is 10.4 Å². The number of carboxylic acids is 1. The van der Waals surface area contributed by atoms with Crippen molar-refractivity contribution in [3.05, 3.63) is 0 Å². The first-order valence-corrected chi connectivity index (χ1v) is 5.07. The number of rotatable bonds is 4. The van der Waals surface area contributed by atoms with Gasteiger partial charge in [0.2, 0.25) is 0 Å². The molecular weight excluding hydrogens is 180 g/mol. The van der Waals surface area contributed by atoms with Crippen LogP contribution >= 0.6 is 0 Å². The molecule has 0 aromatic rings. The van der Waals surface area contributed by atoms with Crippen LogP contribution < -0.4 is 5.32 Å². The Bertz CT molecular complexity index is 227. The Morgan fingerprint density at radius 3 is 2.57 bits per heavy atom. The largest absolute Gasteiger partial charge is 0.481 e. The summed E-state index contributed by atoms with van der Waals surface area (Å²) in [6.07, 6.45) is 3.89. The summed E-state index contributed by atoms with van der Waals surface area (Å²) in [5.74, 6) is -0.815. The number of aliphatic carboxylic acids is 1. The van der Waals surface area contributed by atoms with Crippen molar-refractivity contribution in [2.45, 2.75) is 38.1 Å². The second-order valence-electron chi connectivity index (χ2n) is 3.75. The van der Waals surface area contributed by atoms with E-state index < -0.39 is 5.97 Å². The summed E-state index contributed by atoms with van der Waals surface area (Å²) in [4.78, 5) is 10.7. The number of carbonyl (C=O) groups is 1. The summed E-state index contributed by atoms with van der Waals surface area (Å²) in [6, 6.07) is 2.49. The minimum atomic E-state index is -0.666. The highest BCUT2D eigenvalue weighted by Gasteiger charge is 2.25. The summed E-state index contributed by atoms with van der Waals surface area (Å²) in [5.41, 5.74) is 0. The molecule has 0 aromatic carbocycles. The quantitative estimate of drug-likeness (QED) is 0.661. The van der Waals surface area contributed by atoms with Crippen molar-refractivity contribution in [2.75, 3.05) is 6.54 Å². The molecule has 1 aliphatic rings. The van der Waals surface area contributed by atoms with Gasteiger partial charge in [-0.2, -0.15) is 5.26 Å². The standard InChI is InChI=1S/C10H16N2O2/c11-6-1-7-12-9-4-2-8(3-5-9)10(13)14/h8-9,12H,1-5,7H2,(H,13,14). The topological polar surface area (TPSA) is 73.1 Å². The minimum absolute atomic E-state index is 0.149. The van der Waals surface area contributed by atoms with E-state index in [1.165, 1.54) is 0 Å². The Labute approximate surface area is 83.9 Å². The van der Waals surface area contributed by atoms with E-state index in [0.29, 0.717) is 12.5 Å². The molecule has 0 aliphatic heterocycles. The van der Waals surface area contributed by atoms with Crippen LogP contribution in [-0.2, 0) is 4.79 Å². The molecule has 4 heteroatoms. The maximum absolute atomic E-state index is 10.7. The van der Waals surface area contributed by atoms with Gasteiger partial charge in [0, 0.05) is 19.0 Å². The Morgan fingerprint density at radius 2 is 2.07 bits per heavy atom. The molecule has 78 valence electrons. The third-order valence-electron chi connectivity index (χ3n) is 2.75. The van der Waals surface area contributed by atoms with E-state index in [-0.39, 0.29) is 5.92 Å². The lowest BCUT2D eigenvalue weighted by atomic mass is 9.86. The highest BCUT2D eigenvalue weighted by atomic mass is 16.4. The molecule has 14 heavy (non-hydrogen) atoms. The number of hydrogen-bond donors (Lipinski definition) is 2. The lowest BCUT2D eigenvalue weighted by Crippen LogP contribution is -2.35. The van der Waals surface area contributed by atoms with Crippen molar-refractivity contribution < 1.29 is 9.90 Å². The molecule has 4 nitrogen and oxygen atoms in total. The molecule has 1 rings (SSSR count). The van der Waals surface area contributed by atoms with Gasteiger partial charge in [0.05, 0.1) is 12.0 Å². The zero-order valence-electron chi connectivity index (χ0n) is 8.20. The van der Waals surface area contributed by atoms with Crippen molar-refractivity contribution in [1.29, 1.82) is 5.26 Å². The van der Waals surface area contributed by atoms with E-state index in [0.717, 1.165) is 32.2 Å². The summed E-state index contributed by atoms with van der Waals surface area (Å²) >= 11 is 0. The fourth-order valence-electron chi connectivity index (χ4n) is 1.88. The zero-order chi connectivity index (χ0) is 10.4. The maximum Gasteiger partial charge on any atom is 0.306 e. The normalized spacial score (nSPS) is 26.8. The molecule has 0 unspecified atom stereocenters. The number of nitriles is 1. The summed E-state index contributed by atoms with van der Waals surface area (Å²) in [6.45, 7) is 0.721. The van der Waals surface area contributed by atoms with E-state index in [1.807, 2.05) is 0 Å². The molecule has 2 N–H and O–H groups in total. The van der Waals surface area contributed by atoms with Gasteiger partial charge in [0.15, 0.2) is 0 Å². The Kier molecular flexibility index (Phi) is 4.41. The third kappa shape index (κ3) is 3.35. The molecule has 0 amide bonds. The smallest absolute Gasteiger partial charge is 0.306 e. The van der Waals surface area contributed by atoms with Crippen LogP contribution in [0.1, 0.15) is 32.1 Å². The highest BCUT2D eigenvalue weighted by Crippen LogP contribution is 2.24. The Morgan fingerprint density at radius 1 is 1.43 bits per heavy atom. The van der Waals surface area contributed by atoms with Crippen molar-refractivity contribution >= 4 is 5.97 Å². The van der Waals surface area contributed by atoms with Gasteiger partial charge in [-0.3, -0.25) is 4.79 Å². The van der Waals surface area contributed by atoms with Crippen LogP contribution in [0.5, 0.6) is 0 Å². The predicted molar refractivity (Wildman–Crippen MR) is 51.6 cm³/mol. The molecule has 0 bridgehead atoms. The van der Waals surface area contributed by atoms with Crippen LogP contribution in [0, 0.1) is 17.2 Å². The Hall–Kier alpha value is -1.08. The molecular formula is C10H16N2O2. The molecule has 0 spiro atoms. The molecule has 1 saturated carbocycles. The monoisotopic (exact) mass is 196 g/mol. The lowest BCUT2D eigenvalue weighted by molar-refractivity contribution is -0.142. The van der Waals surface area contributed by atoms with Gasteiger partial charge in [0.1, 0.15) is 0 Å². The number of nitrogens with zero attached hydrogens (tertiary/aromatic N) is 1. The highest BCUT2D eigenvalue weighted by molar-refractivity contribution is 5.70. The predicted octanol–water partition coefficient (Wildman–Crippen LogP) is 1.13. The van der Waals surface area contributed by atoms with Crippen LogP contribution in [0.4, 0.5) is 0 Å². The van der Waals surface area contributed by atoms with Gasteiger partial charge in [-0.25, -0.2) is 0 Å². The number of carboxylic acid groups (broad SMARTS) is 1. The van der Waals surface area contributed by atoms with Crippen molar-refractivity contribution in [3.63, 3.8) is 0 Å². The first kappa shape index (κ1) is 11.0. The van der Waals surface area contributed by atoms with Gasteiger partial charge in [0.25, 0.3) is 0 Å². The van der Waals surface area contributed by atoms with Gasteiger partial charge in [-0.1, -0.05) is 0 Å². The minimum Gasteiger partial charge on any atom is -0.481 e. The van der Waals surface area contributed by atoms with Gasteiger partial charge < -0.3 is 10.4 Å². The van der Waals surface area contributed by atoms with Crippen molar-refractivity contribution in [1.82, 2.24) is 5.32 Å². The third-order valence-corrected chi connectivity index (χ3v) is 2.75. The van der Waals surface area contributed by atoms with Gasteiger partial charge >= 0.3 is 5.97 Å². The molecule has 1 aliphatic carbocycles. The van der Waals surface area contributed by atoms with Crippen molar-refractivity contribution in [2.24, 2.45) is 5.92 Å². The SMILES string of the molecule is N#CCCNC1CCC(C(=O)O)CC1. The second-order valence-corrected chi connectivity index (χ2v) is 3.75. The van der Waals surface area contributed by atoms with E-state index in [2.05, 4.69) is 11.4 Å². The second kappa shape index (κ2) is 5.61. The lowest BCUT2D eigenvalue weighted by Gasteiger charge is -2.26. The average molecular weight is 196 g/mol. The van der Waals surface area contributed by atoms with Gasteiger partial charge in [-0.05, 0) is 25.7 Å². The van der Waals surface area contributed by atoms with Crippen LogP contribution in [0.3, 0.4) is 0 Å². The van der Waals surface area contributed by atoms with E-state index >= 15 is 0 Å². The Balaban J connectivity index is 2.16.